The van der Waals surface area contributed by atoms with E-state index in [4.69, 9.17) is 13.6 Å². The minimum absolute atomic E-state index is 0.172. The average molecular weight is 334 g/mol. The van der Waals surface area contributed by atoms with Crippen molar-refractivity contribution in [2.75, 3.05) is 20.3 Å². The lowest BCUT2D eigenvalue weighted by Gasteiger charge is -2.30. The lowest BCUT2D eigenvalue weighted by Crippen LogP contribution is -2.56. The third-order valence-electron chi connectivity index (χ3n) is 3.65. The standard InChI is InChI=1S/C17H22N2O5/c1-11-5-7-23-13(11)15(20)18-9-17(3,10-22-4)19-16(21)14-12(2)6-8-24-14/h5-8H,9-10H2,1-4H3,(H,18,20)(H,19,21)/t17-/m0/s1. The Bertz CT molecular complexity index is 718. The number of hydrogen-bond donors (Lipinski definition) is 2. The minimum Gasteiger partial charge on any atom is -0.459 e. The Kier molecular flexibility index (Phi) is 5.46. The molecule has 0 radical (unpaired) electrons. The first-order valence-electron chi connectivity index (χ1n) is 7.54. The van der Waals surface area contributed by atoms with Gasteiger partial charge in [0.05, 0.1) is 24.7 Å². The number of carbonyl (C=O) groups excluding carboxylic acids is 2. The Hall–Kier alpha value is -2.54. The van der Waals surface area contributed by atoms with Gasteiger partial charge in [0.2, 0.25) is 0 Å². The number of carbonyl (C=O) groups is 2. The maximum atomic E-state index is 12.4. The van der Waals surface area contributed by atoms with Crippen LogP contribution in [0.4, 0.5) is 0 Å². The molecule has 2 aromatic heterocycles. The summed E-state index contributed by atoms with van der Waals surface area (Å²) in [5, 5.41) is 5.61. The Labute approximate surface area is 140 Å². The Morgan fingerprint density at radius 1 is 1.08 bits per heavy atom. The Balaban J connectivity index is 2.04. The minimum atomic E-state index is -0.804. The lowest BCUT2D eigenvalue weighted by atomic mass is 10.0. The Morgan fingerprint density at radius 3 is 2.08 bits per heavy atom. The zero-order chi connectivity index (χ0) is 17.7. The van der Waals surface area contributed by atoms with Gasteiger partial charge in [-0.05, 0) is 32.9 Å². The molecule has 130 valence electrons. The van der Waals surface area contributed by atoms with Crippen LogP contribution in [0, 0.1) is 13.8 Å². The van der Waals surface area contributed by atoms with E-state index in [1.54, 1.807) is 32.9 Å². The number of aryl methyl sites for hydroxylation is 2. The van der Waals surface area contributed by atoms with Gasteiger partial charge in [0.25, 0.3) is 11.8 Å². The van der Waals surface area contributed by atoms with Crippen LogP contribution in [-0.2, 0) is 4.74 Å². The molecule has 1 atom stereocenters. The van der Waals surface area contributed by atoms with E-state index < -0.39 is 5.54 Å². The monoisotopic (exact) mass is 334 g/mol. The molecule has 0 bridgehead atoms. The molecule has 0 aliphatic heterocycles. The molecule has 2 N–H and O–H groups in total. The molecule has 0 fully saturated rings. The van der Waals surface area contributed by atoms with E-state index in [9.17, 15) is 9.59 Å². The van der Waals surface area contributed by atoms with Crippen LogP contribution in [0.5, 0.6) is 0 Å². The van der Waals surface area contributed by atoms with Crippen molar-refractivity contribution in [2.24, 2.45) is 0 Å². The summed E-state index contributed by atoms with van der Waals surface area (Å²) in [6.07, 6.45) is 2.92. The molecule has 7 heteroatoms. The van der Waals surface area contributed by atoms with Gasteiger partial charge >= 0.3 is 0 Å². The van der Waals surface area contributed by atoms with E-state index >= 15 is 0 Å². The number of amides is 2. The van der Waals surface area contributed by atoms with Gasteiger partial charge in [-0.3, -0.25) is 9.59 Å². The molecule has 7 nitrogen and oxygen atoms in total. The molecule has 0 aliphatic rings. The second-order valence-electron chi connectivity index (χ2n) is 6.00. The summed E-state index contributed by atoms with van der Waals surface area (Å²) in [4.78, 5) is 24.5. The number of furan rings is 2. The number of nitrogens with one attached hydrogen (secondary N) is 2. The SMILES string of the molecule is COC[C@](C)(CNC(=O)c1occc1C)NC(=O)c1occc1C. The summed E-state index contributed by atoms with van der Waals surface area (Å²) in [5.41, 5.74) is 0.681. The van der Waals surface area contributed by atoms with E-state index in [1.807, 2.05) is 0 Å². The lowest BCUT2D eigenvalue weighted by molar-refractivity contribution is 0.0730. The molecule has 2 amide bonds. The third kappa shape index (κ3) is 4.05. The van der Waals surface area contributed by atoms with E-state index in [0.717, 1.165) is 11.1 Å². The first-order valence-corrected chi connectivity index (χ1v) is 7.54. The summed E-state index contributed by atoms with van der Waals surface area (Å²) in [6.45, 7) is 5.74. The van der Waals surface area contributed by atoms with Crippen molar-refractivity contribution in [3.05, 3.63) is 47.3 Å². The molecule has 2 heterocycles. The van der Waals surface area contributed by atoms with E-state index in [1.165, 1.54) is 19.6 Å². The molecule has 2 aromatic rings. The van der Waals surface area contributed by atoms with Crippen LogP contribution < -0.4 is 10.6 Å². The number of hydrogen-bond acceptors (Lipinski definition) is 5. The molecule has 24 heavy (non-hydrogen) atoms. The molecule has 0 unspecified atom stereocenters. The molecule has 0 saturated heterocycles. The van der Waals surface area contributed by atoms with Crippen LogP contribution in [0.1, 0.15) is 39.2 Å². The third-order valence-corrected chi connectivity index (χ3v) is 3.65. The molecular formula is C17H22N2O5. The summed E-state index contributed by atoms with van der Waals surface area (Å²) in [6, 6.07) is 3.43. The maximum absolute atomic E-state index is 12.4. The van der Waals surface area contributed by atoms with Gasteiger partial charge in [-0.2, -0.15) is 0 Å². The van der Waals surface area contributed by atoms with Crippen molar-refractivity contribution in [3.8, 4) is 0 Å². The van der Waals surface area contributed by atoms with Gasteiger partial charge < -0.3 is 24.2 Å². The highest BCUT2D eigenvalue weighted by Crippen LogP contribution is 2.13. The van der Waals surface area contributed by atoms with Crippen molar-refractivity contribution in [1.82, 2.24) is 10.6 Å². The van der Waals surface area contributed by atoms with Crippen molar-refractivity contribution < 1.29 is 23.2 Å². The van der Waals surface area contributed by atoms with Crippen LogP contribution in [0.25, 0.3) is 0 Å². The van der Waals surface area contributed by atoms with Gasteiger partial charge in [0, 0.05) is 24.8 Å². The van der Waals surface area contributed by atoms with Crippen LogP contribution >= 0.6 is 0 Å². The highest BCUT2D eigenvalue weighted by molar-refractivity contribution is 5.94. The van der Waals surface area contributed by atoms with E-state index in [-0.39, 0.29) is 36.5 Å². The predicted octanol–water partition coefficient (Wildman–Crippen LogP) is 2.05. The average Bonchev–Trinajstić information content (AvgIpc) is 3.13. The molecule has 0 saturated carbocycles. The smallest absolute Gasteiger partial charge is 0.287 e. The zero-order valence-electron chi connectivity index (χ0n) is 14.3. The Morgan fingerprint density at radius 2 is 1.62 bits per heavy atom. The van der Waals surface area contributed by atoms with Crippen LogP contribution in [0.2, 0.25) is 0 Å². The second-order valence-corrected chi connectivity index (χ2v) is 6.00. The van der Waals surface area contributed by atoms with Crippen molar-refractivity contribution in [3.63, 3.8) is 0 Å². The fraction of sp³-hybridized carbons (Fsp3) is 0.412. The quantitative estimate of drug-likeness (QED) is 0.808. The molecular weight excluding hydrogens is 312 g/mol. The molecule has 0 aliphatic carbocycles. The first-order chi connectivity index (χ1) is 11.4. The fourth-order valence-electron chi connectivity index (χ4n) is 2.35. The van der Waals surface area contributed by atoms with Gasteiger partial charge in [-0.25, -0.2) is 0 Å². The highest BCUT2D eigenvalue weighted by atomic mass is 16.5. The van der Waals surface area contributed by atoms with Gasteiger partial charge in [0.15, 0.2) is 11.5 Å². The van der Waals surface area contributed by atoms with Crippen molar-refractivity contribution >= 4 is 11.8 Å². The van der Waals surface area contributed by atoms with Crippen LogP contribution in [0.15, 0.2) is 33.5 Å². The maximum Gasteiger partial charge on any atom is 0.287 e. The van der Waals surface area contributed by atoms with Crippen molar-refractivity contribution in [2.45, 2.75) is 26.3 Å². The zero-order valence-corrected chi connectivity index (χ0v) is 14.3. The topological polar surface area (TPSA) is 93.7 Å². The van der Waals surface area contributed by atoms with Gasteiger partial charge in [-0.15, -0.1) is 0 Å². The number of methoxy groups -OCH3 is 1. The molecule has 0 spiro atoms. The highest BCUT2D eigenvalue weighted by Gasteiger charge is 2.30. The van der Waals surface area contributed by atoms with Gasteiger partial charge in [-0.1, -0.05) is 0 Å². The fourth-order valence-corrected chi connectivity index (χ4v) is 2.35. The molecule has 2 rings (SSSR count). The first kappa shape index (κ1) is 17.8. The summed E-state index contributed by atoms with van der Waals surface area (Å²) >= 11 is 0. The van der Waals surface area contributed by atoms with Crippen molar-refractivity contribution in [1.29, 1.82) is 0 Å². The van der Waals surface area contributed by atoms with Gasteiger partial charge in [0.1, 0.15) is 0 Å². The second kappa shape index (κ2) is 7.35. The largest absolute Gasteiger partial charge is 0.459 e. The van der Waals surface area contributed by atoms with Crippen LogP contribution in [-0.4, -0.2) is 37.6 Å². The summed E-state index contributed by atoms with van der Waals surface area (Å²) < 4.78 is 15.5. The number of ether oxygens (including phenoxy) is 1. The van der Waals surface area contributed by atoms with E-state index in [0.29, 0.717) is 0 Å². The summed E-state index contributed by atoms with van der Waals surface area (Å²) in [7, 11) is 1.53. The van der Waals surface area contributed by atoms with E-state index in [2.05, 4.69) is 10.6 Å². The number of rotatable bonds is 7. The molecule has 0 aromatic carbocycles. The normalized spacial score (nSPS) is 13.3. The van der Waals surface area contributed by atoms with Crippen LogP contribution in [0.3, 0.4) is 0 Å². The summed E-state index contributed by atoms with van der Waals surface area (Å²) in [5.74, 6) is -0.211. The predicted molar refractivity (Wildman–Crippen MR) is 87.0 cm³/mol.